The number of rotatable bonds is 2. The second-order valence-corrected chi connectivity index (χ2v) is 5.42. The van der Waals surface area contributed by atoms with E-state index >= 15 is 0 Å². The molecule has 0 spiro atoms. The summed E-state index contributed by atoms with van der Waals surface area (Å²) in [6, 6.07) is 8.20. The van der Waals surface area contributed by atoms with Crippen molar-refractivity contribution in [3.63, 3.8) is 0 Å². The van der Waals surface area contributed by atoms with Crippen LogP contribution in [-0.2, 0) is 0 Å². The number of aromatic amines is 1. The Labute approximate surface area is 123 Å². The van der Waals surface area contributed by atoms with Gasteiger partial charge in [0.2, 0.25) is 0 Å². The number of piperidine rings is 1. The van der Waals surface area contributed by atoms with E-state index in [1.54, 1.807) is 0 Å². The summed E-state index contributed by atoms with van der Waals surface area (Å²) in [7, 11) is 0. The summed E-state index contributed by atoms with van der Waals surface area (Å²) in [5.74, 6) is 0. The zero-order chi connectivity index (χ0) is 10.8. The topological polar surface area (TPSA) is 40.7 Å². The highest BCUT2D eigenvalue weighted by atomic mass is 35.5. The number of fused-ring (bicyclic) bond motifs is 1. The van der Waals surface area contributed by atoms with Gasteiger partial charge in [0.15, 0.2) is 5.16 Å². The minimum absolute atomic E-state index is 0. The van der Waals surface area contributed by atoms with Crippen LogP contribution in [0.25, 0.3) is 11.0 Å². The lowest BCUT2D eigenvalue weighted by atomic mass is 10.2. The highest BCUT2D eigenvalue weighted by Crippen LogP contribution is 2.27. The molecule has 1 aromatic carbocycles. The van der Waals surface area contributed by atoms with E-state index in [-0.39, 0.29) is 24.8 Å². The van der Waals surface area contributed by atoms with Gasteiger partial charge in [0, 0.05) is 5.25 Å². The summed E-state index contributed by atoms with van der Waals surface area (Å²) < 4.78 is 0. The van der Waals surface area contributed by atoms with E-state index < -0.39 is 0 Å². The first kappa shape index (κ1) is 15.6. The summed E-state index contributed by atoms with van der Waals surface area (Å²) in [6.45, 7) is 2.27. The maximum Gasteiger partial charge on any atom is 0.166 e. The van der Waals surface area contributed by atoms with Gasteiger partial charge in [0.25, 0.3) is 0 Å². The van der Waals surface area contributed by atoms with Gasteiger partial charge in [0.05, 0.1) is 11.0 Å². The normalized spacial score (nSPS) is 16.0. The van der Waals surface area contributed by atoms with Crippen molar-refractivity contribution in [1.29, 1.82) is 0 Å². The van der Waals surface area contributed by atoms with Gasteiger partial charge in [-0.25, -0.2) is 4.98 Å². The van der Waals surface area contributed by atoms with E-state index in [0.717, 1.165) is 29.3 Å². The molecule has 1 saturated heterocycles. The predicted molar refractivity (Wildman–Crippen MR) is 82.3 cm³/mol. The summed E-state index contributed by atoms with van der Waals surface area (Å²) in [5, 5.41) is 5.16. The van der Waals surface area contributed by atoms with Crippen LogP contribution in [0, 0.1) is 0 Å². The average Bonchev–Trinajstić information content (AvgIpc) is 2.72. The third-order valence-electron chi connectivity index (χ3n) is 2.93. The van der Waals surface area contributed by atoms with Gasteiger partial charge >= 0.3 is 0 Å². The molecule has 0 aliphatic carbocycles. The van der Waals surface area contributed by atoms with Crippen LogP contribution >= 0.6 is 36.6 Å². The third-order valence-corrected chi connectivity index (χ3v) is 4.15. The van der Waals surface area contributed by atoms with Crippen molar-refractivity contribution in [3.8, 4) is 0 Å². The van der Waals surface area contributed by atoms with Crippen LogP contribution in [0.4, 0.5) is 0 Å². The number of nitrogens with one attached hydrogen (secondary N) is 2. The Hall–Kier alpha value is -0.420. The fourth-order valence-corrected chi connectivity index (χ4v) is 3.16. The number of nitrogens with zero attached hydrogens (tertiary/aromatic N) is 1. The molecule has 2 N–H and O–H groups in total. The smallest absolute Gasteiger partial charge is 0.166 e. The number of imidazole rings is 1. The highest BCUT2D eigenvalue weighted by molar-refractivity contribution is 7.99. The fourth-order valence-electron chi connectivity index (χ4n) is 2.06. The first-order chi connectivity index (χ1) is 7.92. The minimum atomic E-state index is 0. The van der Waals surface area contributed by atoms with E-state index in [4.69, 9.17) is 0 Å². The monoisotopic (exact) mass is 305 g/mol. The quantitative estimate of drug-likeness (QED) is 0.895. The second-order valence-electron chi connectivity index (χ2n) is 4.13. The van der Waals surface area contributed by atoms with Crippen LogP contribution in [0.2, 0.25) is 0 Å². The molecule has 0 saturated carbocycles. The number of aromatic nitrogens is 2. The van der Waals surface area contributed by atoms with Crippen molar-refractivity contribution in [3.05, 3.63) is 24.3 Å². The number of para-hydroxylation sites is 2. The lowest BCUT2D eigenvalue weighted by molar-refractivity contribution is 0.531. The molecule has 18 heavy (non-hydrogen) atoms. The third kappa shape index (κ3) is 3.54. The minimum Gasteiger partial charge on any atom is -0.333 e. The molecule has 3 rings (SSSR count). The second kappa shape index (κ2) is 7.24. The highest BCUT2D eigenvalue weighted by Gasteiger charge is 2.15. The van der Waals surface area contributed by atoms with E-state index in [1.807, 2.05) is 23.9 Å². The molecule has 0 unspecified atom stereocenters. The molecule has 100 valence electrons. The fraction of sp³-hybridized carbons (Fsp3) is 0.417. The Bertz CT molecular complexity index is 450. The van der Waals surface area contributed by atoms with Gasteiger partial charge in [0.1, 0.15) is 0 Å². The number of hydrogen-bond donors (Lipinski definition) is 2. The number of hydrogen-bond acceptors (Lipinski definition) is 3. The van der Waals surface area contributed by atoms with Crippen LogP contribution in [0.1, 0.15) is 12.8 Å². The molecular weight excluding hydrogens is 289 g/mol. The van der Waals surface area contributed by atoms with E-state index in [9.17, 15) is 0 Å². The van der Waals surface area contributed by atoms with Crippen molar-refractivity contribution in [2.75, 3.05) is 13.1 Å². The maximum atomic E-state index is 4.59. The number of halogens is 2. The molecule has 1 aromatic heterocycles. The Morgan fingerprint density at radius 1 is 1.11 bits per heavy atom. The lowest BCUT2D eigenvalue weighted by Crippen LogP contribution is -2.29. The largest absolute Gasteiger partial charge is 0.333 e. The van der Waals surface area contributed by atoms with Gasteiger partial charge in [-0.05, 0) is 38.1 Å². The Morgan fingerprint density at radius 2 is 1.83 bits per heavy atom. The van der Waals surface area contributed by atoms with E-state index in [0.29, 0.717) is 5.25 Å². The van der Waals surface area contributed by atoms with Crippen molar-refractivity contribution in [1.82, 2.24) is 15.3 Å². The van der Waals surface area contributed by atoms with E-state index in [1.165, 1.54) is 12.8 Å². The summed E-state index contributed by atoms with van der Waals surface area (Å²) >= 11 is 1.88. The molecule has 0 bridgehead atoms. The molecule has 3 nitrogen and oxygen atoms in total. The molecule has 0 atom stereocenters. The molecule has 0 amide bonds. The first-order valence-electron chi connectivity index (χ1n) is 5.74. The van der Waals surface area contributed by atoms with Gasteiger partial charge in [-0.2, -0.15) is 0 Å². The average molecular weight is 306 g/mol. The predicted octanol–water partition coefficient (Wildman–Crippen LogP) is 3.25. The molecule has 2 heterocycles. The Morgan fingerprint density at radius 3 is 2.56 bits per heavy atom. The van der Waals surface area contributed by atoms with E-state index in [2.05, 4.69) is 27.4 Å². The SMILES string of the molecule is Cl.Cl.c1ccc2[nH]c(SC3CCNCC3)nc2c1. The number of thioether (sulfide) groups is 1. The molecule has 0 radical (unpaired) electrons. The molecule has 1 fully saturated rings. The van der Waals surface area contributed by atoms with Crippen LogP contribution in [0.3, 0.4) is 0 Å². The summed E-state index contributed by atoms with van der Waals surface area (Å²) in [5.41, 5.74) is 2.21. The van der Waals surface area contributed by atoms with Crippen LogP contribution in [0.15, 0.2) is 29.4 Å². The van der Waals surface area contributed by atoms with Crippen LogP contribution in [-0.4, -0.2) is 28.3 Å². The van der Waals surface area contributed by atoms with Gasteiger partial charge in [-0.3, -0.25) is 0 Å². The standard InChI is InChI=1S/C12H15N3S.2ClH/c1-2-4-11-10(3-1)14-12(15-11)16-9-5-7-13-8-6-9;;/h1-4,9,13H,5-8H2,(H,14,15);2*1H. The zero-order valence-corrected chi connectivity index (χ0v) is 12.3. The Kier molecular flexibility index (Phi) is 6.29. The van der Waals surface area contributed by atoms with Gasteiger partial charge < -0.3 is 10.3 Å². The van der Waals surface area contributed by atoms with Crippen molar-refractivity contribution >= 4 is 47.6 Å². The van der Waals surface area contributed by atoms with Crippen LogP contribution in [0.5, 0.6) is 0 Å². The lowest BCUT2D eigenvalue weighted by Gasteiger charge is -2.20. The Balaban J connectivity index is 0.000000810. The number of benzene rings is 1. The maximum absolute atomic E-state index is 4.59. The molecular formula is C12H17Cl2N3S. The molecule has 1 aliphatic rings. The van der Waals surface area contributed by atoms with Crippen molar-refractivity contribution in [2.45, 2.75) is 23.2 Å². The summed E-state index contributed by atoms with van der Waals surface area (Å²) in [6.07, 6.45) is 2.48. The van der Waals surface area contributed by atoms with Gasteiger partial charge in [-0.1, -0.05) is 23.9 Å². The zero-order valence-electron chi connectivity index (χ0n) is 9.89. The van der Waals surface area contributed by atoms with Crippen molar-refractivity contribution < 1.29 is 0 Å². The van der Waals surface area contributed by atoms with Gasteiger partial charge in [-0.15, -0.1) is 24.8 Å². The first-order valence-corrected chi connectivity index (χ1v) is 6.62. The van der Waals surface area contributed by atoms with Crippen molar-refractivity contribution in [2.24, 2.45) is 0 Å². The molecule has 6 heteroatoms. The molecule has 1 aliphatic heterocycles. The molecule has 2 aromatic rings. The number of H-pyrrole nitrogens is 1. The summed E-state index contributed by atoms with van der Waals surface area (Å²) in [4.78, 5) is 7.97. The van der Waals surface area contributed by atoms with Crippen LogP contribution < -0.4 is 5.32 Å².